The smallest absolute Gasteiger partial charge is 0.327 e. The summed E-state index contributed by atoms with van der Waals surface area (Å²) < 4.78 is 30.0. The maximum atomic E-state index is 12.4. The lowest BCUT2D eigenvalue weighted by molar-refractivity contribution is -0.148. The number of nitrogens with one attached hydrogen (secondary N) is 1. The first-order valence-corrected chi connectivity index (χ1v) is 10.3. The Morgan fingerprint density at radius 3 is 2.59 bits per heavy atom. The summed E-state index contributed by atoms with van der Waals surface area (Å²) in [5.74, 6) is -2.21. The molecular formula is C18H24N2O6S. The maximum Gasteiger partial charge on any atom is 0.327 e. The standard InChI is InChI=1S/C18H24N2O6S/c1-3-4-5-8-13(2)19-16(21)12-26-17(22)11-20-18(23)14-9-6-7-10-15(14)27(20,24)25/h6-7,9-10,13H,3-5,8,11-12H2,1-2H3,(H,19,21). The summed E-state index contributed by atoms with van der Waals surface area (Å²) in [5, 5.41) is 2.71. The number of sulfonamides is 1. The highest BCUT2D eigenvalue weighted by molar-refractivity contribution is 7.90. The number of esters is 1. The molecule has 148 valence electrons. The Morgan fingerprint density at radius 1 is 1.22 bits per heavy atom. The van der Waals surface area contributed by atoms with Gasteiger partial charge in [-0.25, -0.2) is 12.7 Å². The van der Waals surface area contributed by atoms with Crippen molar-refractivity contribution in [3.8, 4) is 0 Å². The van der Waals surface area contributed by atoms with Crippen LogP contribution >= 0.6 is 0 Å². The summed E-state index contributed by atoms with van der Waals surface area (Å²) in [4.78, 5) is 35.8. The Kier molecular flexibility index (Phi) is 6.95. The number of hydrogen-bond donors (Lipinski definition) is 1. The first-order chi connectivity index (χ1) is 12.8. The van der Waals surface area contributed by atoms with E-state index in [2.05, 4.69) is 12.2 Å². The molecule has 0 aromatic heterocycles. The topological polar surface area (TPSA) is 110 Å². The molecule has 1 aliphatic rings. The molecule has 0 saturated heterocycles. The van der Waals surface area contributed by atoms with E-state index in [1.54, 1.807) is 6.07 Å². The highest BCUT2D eigenvalue weighted by Crippen LogP contribution is 2.29. The third kappa shape index (κ3) is 5.06. The van der Waals surface area contributed by atoms with E-state index >= 15 is 0 Å². The molecule has 0 bridgehead atoms. The predicted molar refractivity (Wildman–Crippen MR) is 97.4 cm³/mol. The van der Waals surface area contributed by atoms with Crippen molar-refractivity contribution in [2.24, 2.45) is 0 Å². The van der Waals surface area contributed by atoms with Crippen molar-refractivity contribution in [1.82, 2.24) is 9.62 Å². The molecule has 0 saturated carbocycles. The third-order valence-electron chi connectivity index (χ3n) is 4.20. The van der Waals surface area contributed by atoms with Crippen LogP contribution in [0.3, 0.4) is 0 Å². The molecular weight excluding hydrogens is 372 g/mol. The number of fused-ring (bicyclic) bond motifs is 1. The Morgan fingerprint density at radius 2 is 1.93 bits per heavy atom. The van der Waals surface area contributed by atoms with Gasteiger partial charge in [0.05, 0.1) is 5.56 Å². The van der Waals surface area contributed by atoms with Gasteiger partial charge in [-0.15, -0.1) is 0 Å². The Hall–Kier alpha value is -2.42. The summed E-state index contributed by atoms with van der Waals surface area (Å²) in [5.41, 5.74) is 0.0175. The Labute approximate surface area is 158 Å². The lowest BCUT2D eigenvalue weighted by Crippen LogP contribution is -2.39. The molecule has 1 heterocycles. The van der Waals surface area contributed by atoms with Crippen LogP contribution in [0.25, 0.3) is 0 Å². The number of carbonyl (C=O) groups excluding carboxylic acids is 3. The molecule has 1 N–H and O–H groups in total. The number of rotatable bonds is 9. The van der Waals surface area contributed by atoms with E-state index in [0.717, 1.165) is 25.7 Å². The highest BCUT2D eigenvalue weighted by atomic mass is 32.2. The predicted octanol–water partition coefficient (Wildman–Crippen LogP) is 1.46. The second-order valence-electron chi connectivity index (χ2n) is 6.44. The normalized spacial score (nSPS) is 15.9. The first-order valence-electron chi connectivity index (χ1n) is 8.88. The highest BCUT2D eigenvalue weighted by Gasteiger charge is 2.42. The van der Waals surface area contributed by atoms with Crippen molar-refractivity contribution in [3.63, 3.8) is 0 Å². The van der Waals surface area contributed by atoms with Crippen LogP contribution in [-0.4, -0.2) is 49.7 Å². The number of hydrogen-bond acceptors (Lipinski definition) is 6. The van der Waals surface area contributed by atoms with Crippen LogP contribution in [0.15, 0.2) is 29.2 Å². The van der Waals surface area contributed by atoms with E-state index in [0.29, 0.717) is 4.31 Å². The SMILES string of the molecule is CCCCCC(C)NC(=O)COC(=O)CN1C(=O)c2ccccc2S1(=O)=O. The summed E-state index contributed by atoms with van der Waals surface area (Å²) in [6, 6.07) is 5.69. The summed E-state index contributed by atoms with van der Waals surface area (Å²) in [6.07, 6.45) is 3.98. The first kappa shape index (κ1) is 20.9. The van der Waals surface area contributed by atoms with Crippen LogP contribution in [0, 0.1) is 0 Å². The largest absolute Gasteiger partial charge is 0.454 e. The van der Waals surface area contributed by atoms with Gasteiger partial charge in [-0.05, 0) is 25.5 Å². The summed E-state index contributed by atoms with van der Waals surface area (Å²) in [7, 11) is -4.08. The number of ether oxygens (including phenoxy) is 1. The molecule has 2 amide bonds. The van der Waals surface area contributed by atoms with Crippen molar-refractivity contribution in [2.45, 2.75) is 50.5 Å². The quantitative estimate of drug-likeness (QED) is 0.500. The zero-order chi connectivity index (χ0) is 20.0. The summed E-state index contributed by atoms with van der Waals surface area (Å²) in [6.45, 7) is 2.66. The number of benzene rings is 1. The van der Waals surface area contributed by atoms with Gasteiger partial charge in [-0.2, -0.15) is 0 Å². The van der Waals surface area contributed by atoms with Gasteiger partial charge >= 0.3 is 5.97 Å². The van der Waals surface area contributed by atoms with Crippen molar-refractivity contribution in [2.75, 3.05) is 13.2 Å². The summed E-state index contributed by atoms with van der Waals surface area (Å²) >= 11 is 0. The van der Waals surface area contributed by atoms with Gasteiger partial charge in [0.25, 0.3) is 21.8 Å². The molecule has 1 aliphatic heterocycles. The van der Waals surface area contributed by atoms with E-state index in [4.69, 9.17) is 4.74 Å². The van der Waals surface area contributed by atoms with Gasteiger partial charge < -0.3 is 10.1 Å². The number of nitrogens with zero attached hydrogens (tertiary/aromatic N) is 1. The molecule has 9 heteroatoms. The fourth-order valence-corrected chi connectivity index (χ4v) is 4.30. The molecule has 0 spiro atoms. The monoisotopic (exact) mass is 396 g/mol. The minimum absolute atomic E-state index is 0.0175. The molecule has 1 aromatic rings. The minimum Gasteiger partial charge on any atom is -0.454 e. The molecule has 1 atom stereocenters. The van der Waals surface area contributed by atoms with Gasteiger partial charge in [0.15, 0.2) is 6.61 Å². The van der Waals surface area contributed by atoms with Crippen molar-refractivity contribution in [3.05, 3.63) is 29.8 Å². The van der Waals surface area contributed by atoms with E-state index in [-0.39, 0.29) is 16.5 Å². The molecule has 8 nitrogen and oxygen atoms in total. The van der Waals surface area contributed by atoms with Crippen molar-refractivity contribution >= 4 is 27.8 Å². The average Bonchev–Trinajstić information content (AvgIpc) is 2.81. The average molecular weight is 396 g/mol. The molecule has 27 heavy (non-hydrogen) atoms. The number of amides is 2. The zero-order valence-electron chi connectivity index (χ0n) is 15.4. The molecule has 0 radical (unpaired) electrons. The van der Waals surface area contributed by atoms with Crippen LogP contribution in [0.1, 0.15) is 49.9 Å². The fourth-order valence-electron chi connectivity index (χ4n) is 2.79. The van der Waals surface area contributed by atoms with Crippen LogP contribution in [-0.2, 0) is 24.3 Å². The maximum absolute atomic E-state index is 12.4. The van der Waals surface area contributed by atoms with Gasteiger partial charge in [0.2, 0.25) is 0 Å². The second kappa shape index (κ2) is 8.98. The van der Waals surface area contributed by atoms with Crippen LogP contribution in [0.5, 0.6) is 0 Å². The minimum atomic E-state index is -4.08. The van der Waals surface area contributed by atoms with E-state index in [1.807, 2.05) is 6.92 Å². The van der Waals surface area contributed by atoms with Gasteiger partial charge in [-0.3, -0.25) is 14.4 Å². The van der Waals surface area contributed by atoms with Crippen LogP contribution in [0.4, 0.5) is 0 Å². The second-order valence-corrected chi connectivity index (χ2v) is 8.27. The van der Waals surface area contributed by atoms with E-state index in [1.165, 1.54) is 18.2 Å². The molecule has 2 rings (SSSR count). The van der Waals surface area contributed by atoms with Gasteiger partial charge in [0.1, 0.15) is 11.4 Å². The van der Waals surface area contributed by atoms with Gasteiger partial charge in [0, 0.05) is 6.04 Å². The number of unbranched alkanes of at least 4 members (excludes halogenated alkanes) is 2. The third-order valence-corrected chi connectivity index (χ3v) is 5.98. The molecule has 0 aliphatic carbocycles. The molecule has 0 fully saturated rings. The van der Waals surface area contributed by atoms with Crippen LogP contribution in [0.2, 0.25) is 0 Å². The fraction of sp³-hybridized carbons (Fsp3) is 0.500. The van der Waals surface area contributed by atoms with E-state index in [9.17, 15) is 22.8 Å². The van der Waals surface area contributed by atoms with Gasteiger partial charge in [-0.1, -0.05) is 38.3 Å². The molecule has 1 aromatic carbocycles. The van der Waals surface area contributed by atoms with Crippen LogP contribution < -0.4 is 5.32 Å². The lowest BCUT2D eigenvalue weighted by atomic mass is 10.1. The molecule has 1 unspecified atom stereocenters. The zero-order valence-corrected chi connectivity index (χ0v) is 16.3. The van der Waals surface area contributed by atoms with E-state index < -0.39 is 41.0 Å². The van der Waals surface area contributed by atoms with Crippen molar-refractivity contribution in [1.29, 1.82) is 0 Å². The Balaban J connectivity index is 1.84. The lowest BCUT2D eigenvalue weighted by Gasteiger charge is -2.15. The number of carbonyl (C=O) groups is 3. The Bertz CT molecular complexity index is 821. The van der Waals surface area contributed by atoms with Crippen molar-refractivity contribution < 1.29 is 27.5 Å².